The smallest absolute Gasteiger partial charge is 0.417 e. The topological polar surface area (TPSA) is 114 Å². The van der Waals surface area contributed by atoms with Crippen LogP contribution >= 0.6 is 11.6 Å². The third-order valence-electron chi connectivity index (χ3n) is 4.50. The summed E-state index contributed by atoms with van der Waals surface area (Å²) in [4.78, 5) is 12.9. The number of aliphatic hydroxyl groups is 2. The lowest BCUT2D eigenvalue weighted by atomic mass is 10.1. The Bertz CT molecular complexity index is 1230. The van der Waals surface area contributed by atoms with Crippen molar-refractivity contribution in [2.75, 3.05) is 18.5 Å². The van der Waals surface area contributed by atoms with Gasteiger partial charge in [0.25, 0.3) is 5.91 Å². The first-order valence-electron chi connectivity index (χ1n) is 9.88. The first-order valence-corrected chi connectivity index (χ1v) is 10.3. The van der Waals surface area contributed by atoms with Gasteiger partial charge in [0.15, 0.2) is 0 Å². The van der Waals surface area contributed by atoms with Gasteiger partial charge in [-0.3, -0.25) is 4.79 Å². The molecule has 0 bridgehead atoms. The molecule has 0 unspecified atom stereocenters. The highest BCUT2D eigenvalue weighted by atomic mass is 35.5. The van der Waals surface area contributed by atoms with Crippen molar-refractivity contribution in [3.63, 3.8) is 0 Å². The van der Waals surface area contributed by atoms with Crippen LogP contribution in [-0.2, 0) is 6.18 Å². The maximum absolute atomic E-state index is 13.4. The minimum atomic E-state index is -4.83. The van der Waals surface area contributed by atoms with E-state index in [1.54, 1.807) is 0 Å². The summed E-state index contributed by atoms with van der Waals surface area (Å²) in [6, 6.07) is 6.01. The van der Waals surface area contributed by atoms with Crippen LogP contribution in [0.15, 0.2) is 42.6 Å². The number of hydrogen-bond donors (Lipinski definition) is 3. The van der Waals surface area contributed by atoms with Crippen molar-refractivity contribution in [2.45, 2.75) is 19.2 Å². The van der Waals surface area contributed by atoms with Crippen LogP contribution in [0.5, 0.6) is 17.4 Å². The highest BCUT2D eigenvalue weighted by Gasteiger charge is 2.35. The molecule has 1 atom stereocenters. The van der Waals surface area contributed by atoms with E-state index >= 15 is 0 Å². The summed E-state index contributed by atoms with van der Waals surface area (Å²) < 4.78 is 64.4. The number of aliphatic hydroxyl groups excluding tert-OH is 2. The van der Waals surface area contributed by atoms with Crippen LogP contribution in [0.4, 0.5) is 23.2 Å². The summed E-state index contributed by atoms with van der Waals surface area (Å²) in [5, 5.41) is 27.2. The van der Waals surface area contributed by atoms with Crippen LogP contribution in [0.2, 0.25) is 5.02 Å². The summed E-state index contributed by atoms with van der Waals surface area (Å²) in [7, 11) is 0. The average Bonchev–Trinajstić information content (AvgIpc) is 2.79. The number of rotatable bonds is 8. The number of aromatic nitrogens is 2. The number of halogens is 5. The molecule has 0 saturated carbocycles. The Morgan fingerprint density at radius 1 is 1.20 bits per heavy atom. The van der Waals surface area contributed by atoms with Gasteiger partial charge in [-0.15, -0.1) is 5.10 Å². The third-order valence-corrected chi connectivity index (χ3v) is 4.81. The summed E-state index contributed by atoms with van der Waals surface area (Å²) in [5.41, 5.74) is -1.24. The second-order valence-corrected chi connectivity index (χ2v) is 7.63. The van der Waals surface area contributed by atoms with Crippen LogP contribution < -0.4 is 14.8 Å². The van der Waals surface area contributed by atoms with Crippen molar-refractivity contribution < 1.29 is 42.0 Å². The number of anilines is 1. The van der Waals surface area contributed by atoms with Crippen molar-refractivity contribution >= 4 is 23.2 Å². The molecule has 8 nitrogen and oxygen atoms in total. The van der Waals surface area contributed by atoms with Gasteiger partial charge >= 0.3 is 6.18 Å². The van der Waals surface area contributed by atoms with Gasteiger partial charge in [0.1, 0.15) is 30.0 Å². The van der Waals surface area contributed by atoms with Gasteiger partial charge in [0.05, 0.1) is 34.6 Å². The van der Waals surface area contributed by atoms with Gasteiger partial charge in [0.2, 0.25) is 5.88 Å². The van der Waals surface area contributed by atoms with Gasteiger partial charge in [0, 0.05) is 6.07 Å². The number of carbonyl (C=O) groups excluding carboxylic acids is 1. The van der Waals surface area contributed by atoms with Crippen molar-refractivity contribution in [1.82, 2.24) is 10.2 Å². The molecule has 0 fully saturated rings. The quantitative estimate of drug-likeness (QED) is 0.382. The Labute approximate surface area is 201 Å². The van der Waals surface area contributed by atoms with Crippen LogP contribution in [0, 0.1) is 12.7 Å². The monoisotopic (exact) mass is 515 g/mol. The fourth-order valence-electron chi connectivity index (χ4n) is 2.80. The second-order valence-electron chi connectivity index (χ2n) is 7.22. The lowest BCUT2D eigenvalue weighted by molar-refractivity contribution is -0.137. The highest BCUT2D eigenvalue weighted by molar-refractivity contribution is 6.32. The number of ether oxygens (including phenoxy) is 2. The van der Waals surface area contributed by atoms with E-state index in [1.807, 2.05) is 0 Å². The lowest BCUT2D eigenvalue weighted by Gasteiger charge is -2.17. The predicted octanol–water partition coefficient (Wildman–Crippen LogP) is 4.37. The Morgan fingerprint density at radius 3 is 2.60 bits per heavy atom. The van der Waals surface area contributed by atoms with Crippen LogP contribution in [0.3, 0.4) is 0 Å². The Morgan fingerprint density at radius 2 is 1.94 bits per heavy atom. The summed E-state index contributed by atoms with van der Waals surface area (Å²) in [6.07, 6.45) is -4.86. The van der Waals surface area contributed by atoms with E-state index < -0.39 is 46.9 Å². The Kier molecular flexibility index (Phi) is 8.10. The molecule has 0 radical (unpaired) electrons. The van der Waals surface area contributed by atoms with Gasteiger partial charge in [-0.05, 0) is 42.8 Å². The summed E-state index contributed by atoms with van der Waals surface area (Å²) >= 11 is 5.81. The fraction of sp³-hybridized carbons (Fsp3) is 0.227. The highest BCUT2D eigenvalue weighted by Crippen LogP contribution is 2.40. The zero-order valence-electron chi connectivity index (χ0n) is 17.9. The molecule has 3 rings (SSSR count). The molecule has 1 amide bonds. The van der Waals surface area contributed by atoms with Gasteiger partial charge in [-0.2, -0.15) is 18.3 Å². The molecular formula is C22H18ClF4N3O5. The zero-order valence-corrected chi connectivity index (χ0v) is 18.7. The van der Waals surface area contributed by atoms with E-state index in [9.17, 15) is 27.5 Å². The van der Waals surface area contributed by atoms with E-state index in [2.05, 4.69) is 15.5 Å². The van der Waals surface area contributed by atoms with E-state index in [1.165, 1.54) is 19.1 Å². The van der Waals surface area contributed by atoms with Crippen LogP contribution in [-0.4, -0.2) is 45.6 Å². The number of nitrogens with zero attached hydrogens (tertiary/aromatic N) is 2. The molecule has 3 aromatic rings. The number of hydrogen-bond acceptors (Lipinski definition) is 7. The number of aryl methyl sites for hydroxylation is 1. The van der Waals surface area contributed by atoms with E-state index in [-0.39, 0.29) is 35.1 Å². The molecule has 13 heteroatoms. The number of benzene rings is 2. The van der Waals surface area contributed by atoms with Gasteiger partial charge in [-0.25, -0.2) is 4.39 Å². The molecule has 3 N–H and O–H groups in total. The SMILES string of the molecule is Cc1cc(F)ccc1Oc1cc(C(F)(F)F)c(Cl)cc1C(=O)Nc1cnnc(OC[C@@H](O)CO)c1. The number of nitrogens with one attached hydrogen (secondary N) is 1. The molecule has 186 valence electrons. The molecular weight excluding hydrogens is 498 g/mol. The van der Waals surface area contributed by atoms with E-state index in [4.69, 9.17) is 26.2 Å². The normalized spacial score (nSPS) is 12.2. The molecule has 1 aromatic heterocycles. The third kappa shape index (κ3) is 6.78. The number of carbonyl (C=O) groups is 1. The maximum atomic E-state index is 13.4. The van der Waals surface area contributed by atoms with Crippen molar-refractivity contribution in [3.8, 4) is 17.4 Å². The van der Waals surface area contributed by atoms with Crippen molar-refractivity contribution in [1.29, 1.82) is 0 Å². The minimum absolute atomic E-state index is 0.0274. The molecule has 0 aliphatic carbocycles. The number of alkyl halides is 3. The standard InChI is InChI=1S/C22H18ClF4N3O5/c1-11-4-12(24)2-3-18(11)35-19-7-16(22(25,26)27)17(23)6-15(19)21(33)29-13-5-20(30-28-8-13)34-10-14(32)9-31/h2-8,14,31-32H,9-10H2,1H3,(H,29,30,33)/t14-/m0/s1. The van der Waals surface area contributed by atoms with Crippen LogP contribution in [0.25, 0.3) is 0 Å². The Hall–Kier alpha value is -3.48. The largest absolute Gasteiger partial charge is 0.474 e. The van der Waals surface area contributed by atoms with Gasteiger partial charge in [-0.1, -0.05) is 11.6 Å². The number of amides is 1. The molecule has 0 aliphatic heterocycles. The first kappa shape index (κ1) is 26.1. The molecule has 1 heterocycles. The molecule has 2 aromatic carbocycles. The van der Waals surface area contributed by atoms with Crippen LogP contribution in [0.1, 0.15) is 21.5 Å². The predicted molar refractivity (Wildman–Crippen MR) is 116 cm³/mol. The van der Waals surface area contributed by atoms with Crippen molar-refractivity contribution in [3.05, 3.63) is 70.1 Å². The summed E-state index contributed by atoms with van der Waals surface area (Å²) in [5.74, 6) is -2.02. The minimum Gasteiger partial charge on any atom is -0.474 e. The molecule has 35 heavy (non-hydrogen) atoms. The van der Waals surface area contributed by atoms with E-state index in [0.29, 0.717) is 6.07 Å². The Balaban J connectivity index is 1.94. The average molecular weight is 516 g/mol. The first-order chi connectivity index (χ1) is 16.5. The molecule has 0 aliphatic rings. The van der Waals surface area contributed by atoms with Gasteiger partial charge < -0.3 is 25.0 Å². The second kappa shape index (κ2) is 10.8. The maximum Gasteiger partial charge on any atom is 0.417 e. The molecule has 0 spiro atoms. The zero-order chi connectivity index (χ0) is 25.8. The van der Waals surface area contributed by atoms with Crippen molar-refractivity contribution in [2.24, 2.45) is 0 Å². The summed E-state index contributed by atoms with van der Waals surface area (Å²) in [6.45, 7) is 0.636. The lowest BCUT2D eigenvalue weighted by Crippen LogP contribution is -2.21. The van der Waals surface area contributed by atoms with E-state index in [0.717, 1.165) is 24.4 Å². The molecule has 0 saturated heterocycles. The fourth-order valence-corrected chi connectivity index (χ4v) is 3.07.